The van der Waals surface area contributed by atoms with Gasteiger partial charge in [-0.05, 0) is 30.7 Å². The topological polar surface area (TPSA) is 95.5 Å². The molecule has 0 radical (unpaired) electrons. The average molecular weight is 320 g/mol. The summed E-state index contributed by atoms with van der Waals surface area (Å²) in [5.74, 6) is 0. The number of urea groups is 1. The molecular formula is C15H16N2O4S. The highest BCUT2D eigenvalue weighted by Crippen LogP contribution is 2.15. The van der Waals surface area contributed by atoms with E-state index in [1.807, 2.05) is 31.2 Å². The quantitative estimate of drug-likeness (QED) is 0.754. The number of anilines is 1. The highest BCUT2D eigenvalue weighted by molar-refractivity contribution is 7.85. The second-order valence-corrected chi connectivity index (χ2v) is 6.22. The Morgan fingerprint density at radius 1 is 1.14 bits per heavy atom. The summed E-state index contributed by atoms with van der Waals surface area (Å²) < 4.78 is 31.0. The Bertz CT molecular complexity index is 770. The molecule has 0 bridgehead atoms. The van der Waals surface area contributed by atoms with Crippen molar-refractivity contribution < 1.29 is 17.8 Å². The Labute approximate surface area is 128 Å². The van der Waals surface area contributed by atoms with Crippen molar-refractivity contribution in [3.8, 4) is 0 Å². The molecule has 0 saturated carbocycles. The Morgan fingerprint density at radius 3 is 2.45 bits per heavy atom. The van der Waals surface area contributed by atoms with Gasteiger partial charge in [-0.1, -0.05) is 35.9 Å². The lowest BCUT2D eigenvalue weighted by atomic mass is 10.1. The van der Waals surface area contributed by atoms with Crippen LogP contribution in [0.5, 0.6) is 0 Å². The van der Waals surface area contributed by atoms with E-state index in [0.29, 0.717) is 6.54 Å². The molecule has 0 atom stereocenters. The first-order chi connectivity index (χ1) is 10.3. The van der Waals surface area contributed by atoms with E-state index in [2.05, 4.69) is 10.6 Å². The standard InChI is InChI=1S/C15H16N2O4S/c1-11-5-7-12(8-6-11)10-16-15(18)17-13-3-2-4-14(9-13)22(19,20)21/h2-9H,10H2,1H3,(H2,16,17,18)(H,19,20,21). The fourth-order valence-corrected chi connectivity index (χ4v) is 2.32. The van der Waals surface area contributed by atoms with Gasteiger partial charge in [-0.2, -0.15) is 8.42 Å². The molecule has 0 aliphatic rings. The van der Waals surface area contributed by atoms with Gasteiger partial charge in [0.15, 0.2) is 0 Å². The number of benzene rings is 2. The summed E-state index contributed by atoms with van der Waals surface area (Å²) in [5, 5.41) is 5.17. The molecule has 22 heavy (non-hydrogen) atoms. The van der Waals surface area contributed by atoms with Crippen LogP contribution < -0.4 is 10.6 Å². The summed E-state index contributed by atoms with van der Waals surface area (Å²) in [4.78, 5) is 11.5. The number of aryl methyl sites for hydroxylation is 1. The fraction of sp³-hybridized carbons (Fsp3) is 0.133. The highest BCUT2D eigenvalue weighted by atomic mass is 32.2. The second kappa shape index (κ2) is 6.59. The van der Waals surface area contributed by atoms with Crippen molar-refractivity contribution in [3.63, 3.8) is 0 Å². The minimum Gasteiger partial charge on any atom is -0.334 e. The molecule has 2 amide bonds. The van der Waals surface area contributed by atoms with Gasteiger partial charge in [0.05, 0.1) is 4.90 Å². The van der Waals surface area contributed by atoms with Gasteiger partial charge in [0, 0.05) is 12.2 Å². The van der Waals surface area contributed by atoms with Crippen molar-refractivity contribution in [2.24, 2.45) is 0 Å². The number of carbonyl (C=O) groups excluding carboxylic acids is 1. The number of nitrogens with one attached hydrogen (secondary N) is 2. The SMILES string of the molecule is Cc1ccc(CNC(=O)Nc2cccc(S(=O)(=O)O)c2)cc1. The first-order valence-electron chi connectivity index (χ1n) is 6.52. The van der Waals surface area contributed by atoms with Crippen LogP contribution in [0.4, 0.5) is 10.5 Å². The molecule has 0 aromatic heterocycles. The molecule has 2 aromatic rings. The maximum atomic E-state index is 11.8. The number of carbonyl (C=O) groups is 1. The van der Waals surface area contributed by atoms with E-state index in [1.54, 1.807) is 0 Å². The van der Waals surface area contributed by atoms with Gasteiger partial charge in [-0.25, -0.2) is 4.79 Å². The van der Waals surface area contributed by atoms with Crippen LogP contribution in [-0.4, -0.2) is 19.0 Å². The maximum absolute atomic E-state index is 11.8. The third-order valence-corrected chi connectivity index (χ3v) is 3.81. The minimum absolute atomic E-state index is 0.274. The Morgan fingerprint density at radius 2 is 1.82 bits per heavy atom. The average Bonchev–Trinajstić information content (AvgIpc) is 2.46. The van der Waals surface area contributed by atoms with E-state index < -0.39 is 16.1 Å². The highest BCUT2D eigenvalue weighted by Gasteiger charge is 2.10. The lowest BCUT2D eigenvalue weighted by molar-refractivity contribution is 0.251. The van der Waals surface area contributed by atoms with Crippen molar-refractivity contribution in [2.75, 3.05) is 5.32 Å². The molecule has 2 rings (SSSR count). The second-order valence-electron chi connectivity index (χ2n) is 4.80. The van der Waals surface area contributed by atoms with Crippen LogP contribution in [0, 0.1) is 6.92 Å². The fourth-order valence-electron chi connectivity index (χ4n) is 1.80. The third-order valence-electron chi connectivity index (χ3n) is 2.96. The van der Waals surface area contributed by atoms with Crippen molar-refractivity contribution >= 4 is 21.8 Å². The molecule has 0 spiro atoms. The summed E-state index contributed by atoms with van der Waals surface area (Å²) in [6.45, 7) is 2.33. The summed E-state index contributed by atoms with van der Waals surface area (Å²) in [5.41, 5.74) is 2.36. The normalized spacial score (nSPS) is 11.0. The summed E-state index contributed by atoms with van der Waals surface area (Å²) >= 11 is 0. The molecular weight excluding hydrogens is 304 g/mol. The Balaban J connectivity index is 1.96. The van der Waals surface area contributed by atoms with Crippen LogP contribution in [0.25, 0.3) is 0 Å². The molecule has 2 aromatic carbocycles. The molecule has 0 aliphatic carbocycles. The van der Waals surface area contributed by atoms with E-state index in [0.717, 1.165) is 11.1 Å². The molecule has 6 nitrogen and oxygen atoms in total. The monoisotopic (exact) mass is 320 g/mol. The van der Waals surface area contributed by atoms with E-state index in [9.17, 15) is 13.2 Å². The predicted octanol–water partition coefficient (Wildman–Crippen LogP) is 2.56. The number of hydrogen-bond donors (Lipinski definition) is 3. The zero-order valence-corrected chi connectivity index (χ0v) is 12.7. The van der Waals surface area contributed by atoms with E-state index >= 15 is 0 Å². The number of hydrogen-bond acceptors (Lipinski definition) is 3. The molecule has 0 fully saturated rings. The van der Waals surface area contributed by atoms with E-state index in [-0.39, 0.29) is 10.6 Å². The van der Waals surface area contributed by atoms with Crippen molar-refractivity contribution in [1.29, 1.82) is 0 Å². The zero-order chi connectivity index (χ0) is 16.2. The molecule has 0 saturated heterocycles. The van der Waals surface area contributed by atoms with Crippen LogP contribution in [0.15, 0.2) is 53.4 Å². The van der Waals surface area contributed by atoms with Gasteiger partial charge >= 0.3 is 6.03 Å². The Hall–Kier alpha value is -2.38. The number of amides is 2. The van der Waals surface area contributed by atoms with Gasteiger partial charge in [0.1, 0.15) is 0 Å². The largest absolute Gasteiger partial charge is 0.334 e. The van der Waals surface area contributed by atoms with Crippen molar-refractivity contribution in [3.05, 3.63) is 59.7 Å². The molecule has 0 aliphatic heterocycles. The molecule has 116 valence electrons. The van der Waals surface area contributed by atoms with Crippen LogP contribution in [0.1, 0.15) is 11.1 Å². The first-order valence-corrected chi connectivity index (χ1v) is 7.96. The summed E-state index contributed by atoms with van der Waals surface area (Å²) in [6, 6.07) is 12.6. The van der Waals surface area contributed by atoms with Crippen molar-refractivity contribution in [2.45, 2.75) is 18.4 Å². The van der Waals surface area contributed by atoms with Crippen LogP contribution in [0.3, 0.4) is 0 Å². The van der Waals surface area contributed by atoms with Crippen molar-refractivity contribution in [1.82, 2.24) is 5.32 Å². The molecule has 3 N–H and O–H groups in total. The lowest BCUT2D eigenvalue weighted by Crippen LogP contribution is -2.28. The van der Waals surface area contributed by atoms with Gasteiger partial charge in [0.25, 0.3) is 10.1 Å². The van der Waals surface area contributed by atoms with E-state index in [4.69, 9.17) is 4.55 Å². The zero-order valence-electron chi connectivity index (χ0n) is 11.9. The van der Waals surface area contributed by atoms with Crippen LogP contribution >= 0.6 is 0 Å². The van der Waals surface area contributed by atoms with Gasteiger partial charge in [0.2, 0.25) is 0 Å². The van der Waals surface area contributed by atoms with Gasteiger partial charge < -0.3 is 10.6 Å². The van der Waals surface area contributed by atoms with Crippen LogP contribution in [0.2, 0.25) is 0 Å². The Kier molecular flexibility index (Phi) is 4.79. The third kappa shape index (κ3) is 4.57. The number of rotatable bonds is 4. The molecule has 0 heterocycles. The maximum Gasteiger partial charge on any atom is 0.319 e. The molecule has 0 unspecified atom stereocenters. The lowest BCUT2D eigenvalue weighted by Gasteiger charge is -2.08. The minimum atomic E-state index is -4.29. The summed E-state index contributed by atoms with van der Waals surface area (Å²) in [7, 11) is -4.29. The van der Waals surface area contributed by atoms with E-state index in [1.165, 1.54) is 24.3 Å². The smallest absolute Gasteiger partial charge is 0.319 e. The van der Waals surface area contributed by atoms with Gasteiger partial charge in [-0.15, -0.1) is 0 Å². The van der Waals surface area contributed by atoms with Gasteiger partial charge in [-0.3, -0.25) is 4.55 Å². The first kappa shape index (κ1) is 16.0. The summed E-state index contributed by atoms with van der Waals surface area (Å²) in [6.07, 6.45) is 0. The molecule has 7 heteroatoms. The van der Waals surface area contributed by atoms with Crippen LogP contribution in [-0.2, 0) is 16.7 Å². The predicted molar refractivity (Wildman–Crippen MR) is 83.3 cm³/mol.